The Kier molecular flexibility index (Phi) is 5.13. The lowest BCUT2D eigenvalue weighted by Crippen LogP contribution is -2.24. The molecule has 0 saturated carbocycles. The van der Waals surface area contributed by atoms with E-state index in [0.29, 0.717) is 13.1 Å². The fraction of sp³-hybridized carbons (Fsp3) is 0.357. The van der Waals surface area contributed by atoms with Gasteiger partial charge < -0.3 is 5.32 Å². The number of rotatable bonds is 6. The lowest BCUT2D eigenvalue weighted by atomic mass is 10.1. The summed E-state index contributed by atoms with van der Waals surface area (Å²) in [5.41, 5.74) is -0.554. The van der Waals surface area contributed by atoms with Crippen molar-refractivity contribution < 1.29 is 18.0 Å². The first-order chi connectivity index (χ1) is 10.5. The van der Waals surface area contributed by atoms with Gasteiger partial charge in [-0.25, -0.2) is 4.98 Å². The average molecular weight is 312 g/mol. The number of nitrogens with one attached hydrogen (secondary N) is 1. The van der Waals surface area contributed by atoms with Gasteiger partial charge in [0.15, 0.2) is 0 Å². The quantitative estimate of drug-likeness (QED) is 0.834. The van der Waals surface area contributed by atoms with Crippen molar-refractivity contribution in [2.75, 3.05) is 6.54 Å². The molecule has 0 spiro atoms. The SMILES string of the molecule is O=C(NCCCCn1cncn1)c1ccc(C(F)(F)F)cc1. The fourth-order valence-electron chi connectivity index (χ4n) is 1.86. The molecule has 0 radical (unpaired) electrons. The highest BCUT2D eigenvalue weighted by molar-refractivity contribution is 5.94. The van der Waals surface area contributed by atoms with Gasteiger partial charge in [0, 0.05) is 18.7 Å². The second-order valence-electron chi connectivity index (χ2n) is 4.70. The second-order valence-corrected chi connectivity index (χ2v) is 4.70. The van der Waals surface area contributed by atoms with Gasteiger partial charge in [-0.2, -0.15) is 18.3 Å². The molecule has 5 nitrogen and oxygen atoms in total. The fourth-order valence-corrected chi connectivity index (χ4v) is 1.86. The van der Waals surface area contributed by atoms with Crippen LogP contribution in [0.25, 0.3) is 0 Å². The van der Waals surface area contributed by atoms with Crippen LogP contribution < -0.4 is 5.32 Å². The number of hydrogen-bond donors (Lipinski definition) is 1. The molecule has 2 rings (SSSR count). The van der Waals surface area contributed by atoms with Crippen molar-refractivity contribution in [3.63, 3.8) is 0 Å². The first-order valence-corrected chi connectivity index (χ1v) is 6.75. The highest BCUT2D eigenvalue weighted by Crippen LogP contribution is 2.28. The van der Waals surface area contributed by atoms with E-state index in [9.17, 15) is 18.0 Å². The minimum atomic E-state index is -4.39. The van der Waals surface area contributed by atoms with Gasteiger partial charge in [-0.3, -0.25) is 9.48 Å². The van der Waals surface area contributed by atoms with E-state index < -0.39 is 11.7 Å². The smallest absolute Gasteiger partial charge is 0.352 e. The monoisotopic (exact) mass is 312 g/mol. The third-order valence-electron chi connectivity index (χ3n) is 3.04. The topological polar surface area (TPSA) is 59.8 Å². The number of aromatic nitrogens is 3. The summed E-state index contributed by atoms with van der Waals surface area (Å²) >= 11 is 0. The average Bonchev–Trinajstić information content (AvgIpc) is 2.99. The van der Waals surface area contributed by atoms with Crippen LogP contribution in [0.4, 0.5) is 13.2 Å². The number of hydrogen-bond acceptors (Lipinski definition) is 3. The molecule has 0 atom stereocenters. The number of alkyl halides is 3. The van der Waals surface area contributed by atoms with Gasteiger partial charge in [-0.05, 0) is 37.1 Å². The van der Waals surface area contributed by atoms with E-state index in [4.69, 9.17) is 0 Å². The number of nitrogens with zero attached hydrogens (tertiary/aromatic N) is 3. The van der Waals surface area contributed by atoms with Crippen molar-refractivity contribution in [1.29, 1.82) is 0 Å². The summed E-state index contributed by atoms with van der Waals surface area (Å²) < 4.78 is 38.9. The first-order valence-electron chi connectivity index (χ1n) is 6.75. The van der Waals surface area contributed by atoms with Crippen molar-refractivity contribution in [3.05, 3.63) is 48.0 Å². The molecule has 0 saturated heterocycles. The van der Waals surface area contributed by atoms with Crippen molar-refractivity contribution >= 4 is 5.91 Å². The van der Waals surface area contributed by atoms with Crippen LogP contribution in [0.1, 0.15) is 28.8 Å². The van der Waals surface area contributed by atoms with Crippen molar-refractivity contribution in [3.8, 4) is 0 Å². The molecular formula is C14H15F3N4O. The summed E-state index contributed by atoms with van der Waals surface area (Å²) in [6.45, 7) is 1.16. The van der Waals surface area contributed by atoms with E-state index >= 15 is 0 Å². The summed E-state index contributed by atoms with van der Waals surface area (Å²) in [6.07, 6.45) is 0.229. The zero-order valence-corrected chi connectivity index (χ0v) is 11.7. The lowest BCUT2D eigenvalue weighted by Gasteiger charge is -2.08. The van der Waals surface area contributed by atoms with Crippen molar-refractivity contribution in [2.45, 2.75) is 25.6 Å². The number of unbranched alkanes of at least 4 members (excludes halogenated alkanes) is 1. The molecule has 0 fully saturated rings. The molecule has 0 aliphatic rings. The molecule has 2 aromatic rings. The third-order valence-corrected chi connectivity index (χ3v) is 3.04. The number of carbonyl (C=O) groups is 1. The molecule has 1 aromatic heterocycles. The molecule has 118 valence electrons. The minimum Gasteiger partial charge on any atom is -0.352 e. The van der Waals surface area contributed by atoms with Gasteiger partial charge in [-0.15, -0.1) is 0 Å². The number of benzene rings is 1. The van der Waals surface area contributed by atoms with Crippen LogP contribution in [0.2, 0.25) is 0 Å². The molecule has 22 heavy (non-hydrogen) atoms. The summed E-state index contributed by atoms with van der Waals surface area (Å²) in [5, 5.41) is 6.62. The van der Waals surface area contributed by atoms with E-state index in [1.54, 1.807) is 11.0 Å². The Morgan fingerprint density at radius 2 is 1.91 bits per heavy atom. The maximum atomic E-state index is 12.4. The predicted molar refractivity (Wildman–Crippen MR) is 73.0 cm³/mol. The zero-order chi connectivity index (χ0) is 16.0. The zero-order valence-electron chi connectivity index (χ0n) is 11.7. The molecule has 1 heterocycles. The minimum absolute atomic E-state index is 0.212. The van der Waals surface area contributed by atoms with Gasteiger partial charge in [0.2, 0.25) is 0 Å². The largest absolute Gasteiger partial charge is 0.416 e. The van der Waals surface area contributed by atoms with E-state index in [0.717, 1.165) is 25.0 Å². The normalized spacial score (nSPS) is 11.4. The van der Waals surface area contributed by atoms with E-state index in [1.807, 2.05) is 0 Å². The number of carbonyl (C=O) groups excluding carboxylic acids is 1. The summed E-state index contributed by atoms with van der Waals surface area (Å²) in [4.78, 5) is 15.6. The molecule has 0 bridgehead atoms. The van der Waals surface area contributed by atoms with E-state index in [-0.39, 0.29) is 11.5 Å². The maximum absolute atomic E-state index is 12.4. The maximum Gasteiger partial charge on any atom is 0.416 e. The molecule has 0 unspecified atom stereocenters. The molecular weight excluding hydrogens is 297 g/mol. The van der Waals surface area contributed by atoms with Crippen LogP contribution in [-0.4, -0.2) is 27.2 Å². The number of aryl methyl sites for hydroxylation is 1. The highest BCUT2D eigenvalue weighted by atomic mass is 19.4. The van der Waals surface area contributed by atoms with Crippen molar-refractivity contribution in [1.82, 2.24) is 20.1 Å². The Bertz CT molecular complexity index is 594. The van der Waals surface area contributed by atoms with E-state index in [1.165, 1.54) is 18.5 Å². The predicted octanol–water partition coefficient (Wildman–Crippen LogP) is 2.51. The Hall–Kier alpha value is -2.38. The first kappa shape index (κ1) is 16.0. The summed E-state index contributed by atoms with van der Waals surface area (Å²) in [6, 6.07) is 4.15. The molecule has 1 amide bonds. The molecule has 8 heteroatoms. The van der Waals surface area contributed by atoms with Gasteiger partial charge in [0.05, 0.1) is 5.56 Å². The van der Waals surface area contributed by atoms with Crippen LogP contribution in [-0.2, 0) is 12.7 Å². The standard InChI is InChI=1S/C14H15F3N4O/c15-14(16,17)12-5-3-11(4-6-12)13(22)19-7-1-2-8-21-10-18-9-20-21/h3-6,9-10H,1-2,7-8H2,(H,19,22). The van der Waals surface area contributed by atoms with Crippen LogP contribution in [0.15, 0.2) is 36.9 Å². The Morgan fingerprint density at radius 1 is 1.18 bits per heavy atom. The van der Waals surface area contributed by atoms with Crippen LogP contribution >= 0.6 is 0 Å². The highest BCUT2D eigenvalue weighted by Gasteiger charge is 2.30. The van der Waals surface area contributed by atoms with Crippen LogP contribution in [0, 0.1) is 0 Å². The Morgan fingerprint density at radius 3 is 2.50 bits per heavy atom. The third kappa shape index (κ3) is 4.57. The van der Waals surface area contributed by atoms with Gasteiger partial charge >= 0.3 is 6.18 Å². The van der Waals surface area contributed by atoms with Crippen LogP contribution in [0.3, 0.4) is 0 Å². The van der Waals surface area contributed by atoms with Gasteiger partial charge in [0.1, 0.15) is 12.7 Å². The second kappa shape index (κ2) is 7.06. The molecule has 0 aliphatic heterocycles. The Labute approximate surface area is 125 Å². The lowest BCUT2D eigenvalue weighted by molar-refractivity contribution is -0.137. The summed E-state index contributed by atoms with van der Waals surface area (Å²) in [5.74, 6) is -0.380. The molecule has 1 aromatic carbocycles. The van der Waals surface area contributed by atoms with Crippen LogP contribution in [0.5, 0.6) is 0 Å². The summed E-state index contributed by atoms with van der Waals surface area (Å²) in [7, 11) is 0. The Balaban J connectivity index is 1.73. The molecule has 1 N–H and O–H groups in total. The van der Waals surface area contributed by atoms with E-state index in [2.05, 4.69) is 15.4 Å². The number of halogens is 3. The van der Waals surface area contributed by atoms with Gasteiger partial charge in [-0.1, -0.05) is 0 Å². The molecule has 0 aliphatic carbocycles. The van der Waals surface area contributed by atoms with Gasteiger partial charge in [0.25, 0.3) is 5.91 Å². The van der Waals surface area contributed by atoms with Crippen molar-refractivity contribution in [2.24, 2.45) is 0 Å². The number of amides is 1.